The van der Waals surface area contributed by atoms with E-state index in [0.717, 1.165) is 4.57 Å². The van der Waals surface area contributed by atoms with E-state index < -0.39 is 207 Å². The molecule has 0 N–H and O–H groups in total. The fraction of sp³-hybridized carbons (Fsp3) is 0.0488. The van der Waals surface area contributed by atoms with Crippen LogP contribution in [0, 0.1) is 6.92 Å². The van der Waals surface area contributed by atoms with Gasteiger partial charge in [-0.25, -0.2) is 4.98 Å². The summed E-state index contributed by atoms with van der Waals surface area (Å²) >= 11 is 0. The van der Waals surface area contributed by atoms with Gasteiger partial charge in [0.25, 0.3) is 0 Å². The summed E-state index contributed by atoms with van der Waals surface area (Å²) in [6.07, 6.45) is 0. The second kappa shape index (κ2) is 10.1. The summed E-state index contributed by atoms with van der Waals surface area (Å²) in [6, 6.07) is -19.2. The summed E-state index contributed by atoms with van der Waals surface area (Å²) in [5, 5.41) is -0.933. The molecule has 8 aromatic rings. The van der Waals surface area contributed by atoms with Crippen molar-refractivity contribution in [1.29, 1.82) is 0 Å². The number of hydrogen-bond acceptors (Lipinski definition) is 3. The Balaban J connectivity index is 1.62. The lowest BCUT2D eigenvalue weighted by atomic mass is 9.88. The van der Waals surface area contributed by atoms with Gasteiger partial charge in [-0.2, -0.15) is 9.97 Å². The first kappa shape index (κ1) is 11.2. The van der Waals surface area contributed by atoms with Crippen molar-refractivity contribution < 1.29 is 32.9 Å². The number of para-hydroxylation sites is 1. The summed E-state index contributed by atoms with van der Waals surface area (Å²) < 4.78 is 213. The van der Waals surface area contributed by atoms with Crippen LogP contribution in [0.1, 0.15) is 61.1 Å². The first-order valence-electron chi connectivity index (χ1n) is 25.4. The maximum atomic E-state index is 9.59. The predicted molar refractivity (Wildman–Crippen MR) is 183 cm³/mol. The second-order valence-electron chi connectivity index (χ2n) is 9.86. The van der Waals surface area contributed by atoms with Gasteiger partial charge >= 0.3 is 0 Å². The van der Waals surface area contributed by atoms with Gasteiger partial charge in [0.15, 0.2) is 11.6 Å². The third kappa shape index (κ3) is 4.03. The molecule has 0 bridgehead atoms. The summed E-state index contributed by atoms with van der Waals surface area (Å²) in [6.45, 7) is 1.34. The van der Waals surface area contributed by atoms with Crippen molar-refractivity contribution in [2.24, 2.45) is 0 Å². The van der Waals surface area contributed by atoms with Crippen LogP contribution in [-0.4, -0.2) is 19.5 Å². The molecule has 0 aliphatic heterocycles. The van der Waals surface area contributed by atoms with Gasteiger partial charge < -0.3 is 0 Å². The lowest BCUT2D eigenvalue weighted by molar-refractivity contribution is 0.940. The lowest BCUT2D eigenvalue weighted by Crippen LogP contribution is -2.08. The highest BCUT2D eigenvalue weighted by atomic mass is 15.2. The SMILES string of the molecule is [2H]c1c([2H])c([2H])c(-c2nc(-c3c([2H])c([2H])c([2H])c([2H])c3[2H])nc(-n3c4c([2H])c([2H])c([2H])c([2H])c4c4c([2H])c([2H])c5c(c43)C(c3c([2H])c([2H])c([2H])c([2H])c3[2H])c3c([2H])c([2H])c(C)c([2H])c3-5)n2)c([2H])c1[2H]. The fourth-order valence-electron chi connectivity index (χ4n) is 5.53. The summed E-state index contributed by atoms with van der Waals surface area (Å²) in [5.74, 6) is -4.23. The van der Waals surface area contributed by atoms with Gasteiger partial charge in [0, 0.05) is 27.8 Å². The van der Waals surface area contributed by atoms with E-state index in [1.54, 1.807) is 0 Å². The minimum atomic E-state index is -1.82. The molecule has 1 atom stereocenters. The van der Waals surface area contributed by atoms with Crippen molar-refractivity contribution in [3.8, 4) is 39.9 Å². The van der Waals surface area contributed by atoms with Gasteiger partial charge in [0.1, 0.15) is 0 Å². The zero-order chi connectivity index (χ0) is 50.8. The fourth-order valence-corrected chi connectivity index (χ4v) is 5.53. The van der Waals surface area contributed by atoms with E-state index in [0.29, 0.717) is 0 Å². The van der Waals surface area contributed by atoms with Crippen LogP contribution >= 0.6 is 0 Å². The van der Waals surface area contributed by atoms with E-state index in [1.807, 2.05) is 0 Å². The Morgan fingerprint density at radius 3 is 1.89 bits per heavy atom. The smallest absolute Gasteiger partial charge is 0.238 e. The van der Waals surface area contributed by atoms with Crippen LogP contribution in [0.4, 0.5) is 0 Å². The van der Waals surface area contributed by atoms with Crippen LogP contribution in [0.5, 0.6) is 0 Å². The van der Waals surface area contributed by atoms with E-state index in [1.165, 1.54) is 6.92 Å². The lowest BCUT2D eigenvalue weighted by Gasteiger charge is -2.18. The Morgan fingerprint density at radius 2 is 1.20 bits per heavy atom. The van der Waals surface area contributed by atoms with Gasteiger partial charge in [-0.3, -0.25) is 4.57 Å². The minimum absolute atomic E-state index is 0.0819. The zero-order valence-corrected chi connectivity index (χ0v) is 22.9. The maximum Gasteiger partial charge on any atom is 0.238 e. The monoisotopic (exact) mass is 600 g/mol. The Kier molecular flexibility index (Phi) is 2.52. The van der Waals surface area contributed by atoms with Crippen molar-refractivity contribution in [1.82, 2.24) is 19.5 Å². The largest absolute Gasteiger partial charge is 0.277 e. The molecule has 0 radical (unpaired) electrons. The minimum Gasteiger partial charge on any atom is -0.277 e. The predicted octanol–water partition coefficient (Wildman–Crippen LogP) is 9.77. The van der Waals surface area contributed by atoms with Gasteiger partial charge in [-0.05, 0) is 40.8 Å². The van der Waals surface area contributed by atoms with E-state index in [-0.39, 0.29) is 27.8 Å². The number of fused-ring (bicyclic) bond motifs is 7. The van der Waals surface area contributed by atoms with Crippen molar-refractivity contribution in [3.63, 3.8) is 0 Å². The Hall–Kier alpha value is -5.87. The van der Waals surface area contributed by atoms with Gasteiger partial charge in [0.05, 0.1) is 43.9 Å². The summed E-state index contributed by atoms with van der Waals surface area (Å²) in [5.41, 5.74) is -4.28. The van der Waals surface area contributed by atoms with Gasteiger partial charge in [-0.1, -0.05) is 145 Å². The molecule has 0 spiro atoms. The van der Waals surface area contributed by atoms with Crippen LogP contribution in [0.2, 0.25) is 0 Å². The van der Waals surface area contributed by atoms with Gasteiger partial charge in [-0.15, -0.1) is 0 Å². The van der Waals surface area contributed by atoms with E-state index in [9.17, 15) is 8.22 Å². The molecule has 1 aliphatic rings. The third-order valence-corrected chi connectivity index (χ3v) is 7.31. The number of nitrogens with zero attached hydrogens (tertiary/aromatic N) is 4. The molecule has 6 aromatic carbocycles. The summed E-state index contributed by atoms with van der Waals surface area (Å²) in [4.78, 5) is 13.3. The summed E-state index contributed by atoms with van der Waals surface area (Å²) in [7, 11) is 0. The third-order valence-electron chi connectivity index (χ3n) is 7.31. The first-order valence-corrected chi connectivity index (χ1v) is 13.4. The average Bonchev–Trinajstić information content (AvgIpc) is 3.86. The van der Waals surface area contributed by atoms with Crippen LogP contribution in [-0.2, 0) is 0 Å². The normalized spacial score (nSPS) is 21.1. The van der Waals surface area contributed by atoms with E-state index in [2.05, 4.69) is 15.0 Å². The molecular formula is C41H28N4. The molecule has 0 saturated heterocycles. The number of rotatable bonds is 4. The highest BCUT2D eigenvalue weighted by Gasteiger charge is 2.34. The van der Waals surface area contributed by atoms with Crippen LogP contribution < -0.4 is 0 Å². The Morgan fingerprint density at radius 1 is 0.578 bits per heavy atom. The van der Waals surface area contributed by atoms with Gasteiger partial charge in [0.2, 0.25) is 5.95 Å². The number of hydrogen-bond donors (Lipinski definition) is 0. The zero-order valence-electron chi connectivity index (χ0n) is 46.9. The highest BCUT2D eigenvalue weighted by molar-refractivity contribution is 6.12. The molecule has 1 unspecified atom stereocenters. The molecule has 4 nitrogen and oxygen atoms in total. The van der Waals surface area contributed by atoms with Crippen molar-refractivity contribution in [2.75, 3.05) is 0 Å². The maximum absolute atomic E-state index is 9.59. The molecular weight excluding hydrogens is 548 g/mol. The molecule has 4 heteroatoms. The van der Waals surface area contributed by atoms with E-state index in [4.69, 9.17) is 24.7 Å². The molecule has 0 saturated carbocycles. The second-order valence-corrected chi connectivity index (χ2v) is 9.86. The van der Waals surface area contributed by atoms with Crippen molar-refractivity contribution in [2.45, 2.75) is 12.8 Å². The molecule has 0 fully saturated rings. The quantitative estimate of drug-likeness (QED) is 0.202. The van der Waals surface area contributed by atoms with Crippen molar-refractivity contribution >= 4 is 21.8 Å². The number of benzene rings is 6. The molecule has 2 aromatic heterocycles. The Bertz CT molecular complexity index is 3580. The Labute approximate surface area is 295 Å². The van der Waals surface area contributed by atoms with Crippen LogP contribution in [0.3, 0.4) is 0 Å². The average molecular weight is 601 g/mol. The number of aromatic nitrogens is 4. The van der Waals surface area contributed by atoms with E-state index >= 15 is 0 Å². The molecule has 1 aliphatic carbocycles. The highest BCUT2D eigenvalue weighted by Crippen LogP contribution is 2.52. The standard InChI is InChI=1S/C41H28N4/c1-26-21-22-31-34(25-26)32-23-24-33-30-19-11-12-20-35(30)45(38(33)37(32)36(31)27-13-5-2-6-14-27)41-43-39(28-15-7-3-8-16-28)42-40(44-41)29-17-9-4-10-18-29/h2-25,36H,1H3/i2D,3D,4D,5D,6D,7D,8D,9D,10D,11D,12D,13D,14D,15D,16D,17D,18D,19D,20D,21D,22D,23D,24D,25D. The molecule has 212 valence electrons. The first-order chi connectivity index (χ1) is 32.2. The van der Waals surface area contributed by atoms with Crippen LogP contribution in [0.25, 0.3) is 61.7 Å². The molecule has 45 heavy (non-hydrogen) atoms. The van der Waals surface area contributed by atoms with Crippen molar-refractivity contribution in [3.05, 3.63) is 167 Å². The topological polar surface area (TPSA) is 43.6 Å². The molecule has 9 rings (SSSR count). The van der Waals surface area contributed by atoms with Crippen LogP contribution in [0.15, 0.2) is 145 Å². The molecule has 0 amide bonds. The molecule has 2 heterocycles.